The highest BCUT2D eigenvalue weighted by atomic mass is 35.5. The molecule has 1 heterocycles. The summed E-state index contributed by atoms with van der Waals surface area (Å²) in [6.45, 7) is 8.09. The molecule has 1 fully saturated rings. The largest absolute Gasteiger partial charge is 0.491 e. The third-order valence-corrected chi connectivity index (χ3v) is 5.05. The second-order valence-corrected chi connectivity index (χ2v) is 7.23. The number of thiol groups is 1. The average molecular weight is 353 g/mol. The van der Waals surface area contributed by atoms with Gasteiger partial charge in [-0.25, -0.2) is 0 Å². The summed E-state index contributed by atoms with van der Waals surface area (Å²) in [6, 6.07) is 7.32. The standard InChI is InChI=1S/C17H22BClO3S/c1-16(2)17(3,4)22-18(21-16)14(11-23)9-12-5-7-13(8-6-12)15(20)10-19/h5-9,23H,10-11H2,1-4H3. The van der Waals surface area contributed by atoms with Gasteiger partial charge in [-0.15, -0.1) is 11.6 Å². The quantitative estimate of drug-likeness (QED) is 0.376. The Morgan fingerprint density at radius 1 is 1.17 bits per heavy atom. The van der Waals surface area contributed by atoms with Gasteiger partial charge in [-0.1, -0.05) is 30.3 Å². The first-order chi connectivity index (χ1) is 10.7. The molecule has 124 valence electrons. The van der Waals surface area contributed by atoms with Gasteiger partial charge in [0, 0.05) is 11.3 Å². The molecule has 1 aromatic carbocycles. The Balaban J connectivity index is 2.21. The van der Waals surface area contributed by atoms with Crippen molar-refractivity contribution in [1.29, 1.82) is 0 Å². The van der Waals surface area contributed by atoms with Crippen molar-refractivity contribution in [2.75, 3.05) is 11.6 Å². The average Bonchev–Trinajstić information content (AvgIpc) is 2.72. The lowest BCUT2D eigenvalue weighted by Crippen LogP contribution is -2.41. The number of alkyl halides is 1. The van der Waals surface area contributed by atoms with Crippen LogP contribution in [-0.4, -0.2) is 35.7 Å². The van der Waals surface area contributed by atoms with Crippen LogP contribution in [0.3, 0.4) is 0 Å². The van der Waals surface area contributed by atoms with E-state index in [0.717, 1.165) is 11.0 Å². The molecule has 6 heteroatoms. The third-order valence-electron chi connectivity index (χ3n) is 4.44. The normalized spacial score (nSPS) is 19.9. The summed E-state index contributed by atoms with van der Waals surface area (Å²) in [7, 11) is -0.415. The van der Waals surface area contributed by atoms with Gasteiger partial charge in [0.05, 0.1) is 17.1 Å². The van der Waals surface area contributed by atoms with Crippen molar-refractivity contribution in [3.05, 3.63) is 40.9 Å². The fraction of sp³-hybridized carbons (Fsp3) is 0.471. The number of halogens is 1. The maximum Gasteiger partial charge on any atom is 0.491 e. The fourth-order valence-corrected chi connectivity index (χ4v) is 2.63. The Hall–Kier alpha value is -0.745. The van der Waals surface area contributed by atoms with Gasteiger partial charge in [0.25, 0.3) is 0 Å². The SMILES string of the molecule is CC1(C)OB(C(=Cc2ccc(C(=O)CCl)cc2)CS)OC1(C)C. The minimum Gasteiger partial charge on any atom is -0.400 e. The molecule has 0 N–H and O–H groups in total. The van der Waals surface area contributed by atoms with Crippen LogP contribution >= 0.6 is 24.2 Å². The van der Waals surface area contributed by atoms with Crippen LogP contribution in [-0.2, 0) is 9.31 Å². The summed E-state index contributed by atoms with van der Waals surface area (Å²) in [6.07, 6.45) is 1.99. The summed E-state index contributed by atoms with van der Waals surface area (Å²) in [5.41, 5.74) is 1.77. The molecule has 0 aliphatic carbocycles. The molecule has 0 unspecified atom stereocenters. The minimum absolute atomic E-state index is 0.00893. The van der Waals surface area contributed by atoms with E-state index in [-0.39, 0.29) is 22.9 Å². The monoisotopic (exact) mass is 352 g/mol. The first-order valence-electron chi connectivity index (χ1n) is 7.56. The lowest BCUT2D eigenvalue weighted by atomic mass is 9.78. The van der Waals surface area contributed by atoms with Crippen molar-refractivity contribution in [2.45, 2.75) is 38.9 Å². The molecule has 0 aromatic heterocycles. The molecule has 1 aromatic rings. The summed E-state index contributed by atoms with van der Waals surface area (Å²) < 4.78 is 12.1. The number of carbonyl (C=O) groups is 1. The van der Waals surface area contributed by atoms with Crippen molar-refractivity contribution >= 4 is 43.2 Å². The zero-order chi connectivity index (χ0) is 17.3. The fourth-order valence-electron chi connectivity index (χ4n) is 2.24. The summed E-state index contributed by atoms with van der Waals surface area (Å²) in [5.74, 6) is 0.437. The smallest absolute Gasteiger partial charge is 0.400 e. The molecule has 1 saturated heterocycles. The Bertz CT molecular complexity index is 595. The van der Waals surface area contributed by atoms with Crippen LogP contribution in [0, 0.1) is 0 Å². The van der Waals surface area contributed by atoms with Crippen LogP contribution < -0.4 is 0 Å². The first kappa shape index (κ1) is 18.6. The van der Waals surface area contributed by atoms with E-state index in [2.05, 4.69) is 12.6 Å². The molecule has 0 spiro atoms. The highest BCUT2D eigenvalue weighted by molar-refractivity contribution is 7.80. The molecular formula is C17H22BClO3S. The molecule has 0 amide bonds. The van der Waals surface area contributed by atoms with Gasteiger partial charge in [-0.05, 0) is 38.7 Å². The number of carbonyl (C=O) groups excluding carboxylic acids is 1. The molecule has 0 radical (unpaired) electrons. The highest BCUT2D eigenvalue weighted by Crippen LogP contribution is 2.39. The van der Waals surface area contributed by atoms with Crippen molar-refractivity contribution in [3.8, 4) is 0 Å². The second-order valence-electron chi connectivity index (χ2n) is 6.64. The molecule has 1 aliphatic rings. The zero-order valence-electron chi connectivity index (χ0n) is 13.9. The molecule has 23 heavy (non-hydrogen) atoms. The minimum atomic E-state index is -0.415. The van der Waals surface area contributed by atoms with Crippen LogP contribution in [0.5, 0.6) is 0 Å². The molecule has 0 saturated carbocycles. The van der Waals surface area contributed by atoms with Gasteiger partial charge in [0.1, 0.15) is 0 Å². The summed E-state index contributed by atoms with van der Waals surface area (Å²) in [4.78, 5) is 11.6. The Morgan fingerprint density at radius 2 is 1.70 bits per heavy atom. The van der Waals surface area contributed by atoms with Crippen molar-refractivity contribution in [3.63, 3.8) is 0 Å². The number of benzene rings is 1. The van der Waals surface area contributed by atoms with Crippen molar-refractivity contribution < 1.29 is 14.1 Å². The van der Waals surface area contributed by atoms with Gasteiger partial charge in [0.15, 0.2) is 5.78 Å². The van der Waals surface area contributed by atoms with E-state index in [9.17, 15) is 4.79 Å². The van der Waals surface area contributed by atoms with E-state index in [1.807, 2.05) is 45.9 Å². The maximum atomic E-state index is 11.6. The van der Waals surface area contributed by atoms with E-state index in [4.69, 9.17) is 20.9 Å². The van der Waals surface area contributed by atoms with E-state index < -0.39 is 7.12 Å². The second kappa shape index (κ2) is 7.02. The highest BCUT2D eigenvalue weighted by Gasteiger charge is 2.52. The van der Waals surface area contributed by atoms with E-state index >= 15 is 0 Å². The maximum absolute atomic E-state index is 11.6. The number of rotatable bonds is 5. The van der Waals surface area contributed by atoms with Crippen LogP contribution in [0.25, 0.3) is 6.08 Å². The summed E-state index contributed by atoms with van der Waals surface area (Å²) in [5, 5.41) is 0. The van der Waals surface area contributed by atoms with Gasteiger partial charge >= 0.3 is 7.12 Å². The molecular weight excluding hydrogens is 331 g/mol. The van der Waals surface area contributed by atoms with Crippen LogP contribution in [0.4, 0.5) is 0 Å². The number of hydrogen-bond acceptors (Lipinski definition) is 4. The lowest BCUT2D eigenvalue weighted by Gasteiger charge is -2.32. The van der Waals surface area contributed by atoms with Crippen LogP contribution in [0.1, 0.15) is 43.6 Å². The van der Waals surface area contributed by atoms with Gasteiger partial charge in [0.2, 0.25) is 0 Å². The van der Waals surface area contributed by atoms with Gasteiger partial charge in [-0.2, -0.15) is 12.6 Å². The van der Waals surface area contributed by atoms with E-state index in [0.29, 0.717) is 11.3 Å². The molecule has 2 rings (SSSR count). The van der Waals surface area contributed by atoms with Gasteiger partial charge in [-0.3, -0.25) is 4.79 Å². The van der Waals surface area contributed by atoms with Crippen LogP contribution in [0.15, 0.2) is 29.7 Å². The van der Waals surface area contributed by atoms with Crippen LogP contribution in [0.2, 0.25) is 0 Å². The number of Topliss-reactive ketones (excluding diaryl/α,β-unsaturated/α-hetero) is 1. The topological polar surface area (TPSA) is 35.5 Å². The van der Waals surface area contributed by atoms with E-state index in [1.165, 1.54) is 0 Å². The lowest BCUT2D eigenvalue weighted by molar-refractivity contribution is 0.00578. The van der Waals surface area contributed by atoms with Gasteiger partial charge < -0.3 is 9.31 Å². The molecule has 3 nitrogen and oxygen atoms in total. The van der Waals surface area contributed by atoms with Crippen molar-refractivity contribution in [1.82, 2.24) is 0 Å². The Morgan fingerprint density at radius 3 is 2.13 bits per heavy atom. The summed E-state index contributed by atoms with van der Waals surface area (Å²) >= 11 is 9.97. The predicted octanol–water partition coefficient (Wildman–Crippen LogP) is 4.05. The Labute approximate surface area is 148 Å². The number of ketones is 1. The molecule has 1 aliphatic heterocycles. The number of hydrogen-bond donors (Lipinski definition) is 1. The molecule has 0 atom stereocenters. The third kappa shape index (κ3) is 4.02. The van der Waals surface area contributed by atoms with E-state index in [1.54, 1.807) is 12.1 Å². The molecule has 0 bridgehead atoms. The Kier molecular flexibility index (Phi) is 5.67. The predicted molar refractivity (Wildman–Crippen MR) is 99.4 cm³/mol. The first-order valence-corrected chi connectivity index (χ1v) is 8.73. The van der Waals surface area contributed by atoms with Crippen molar-refractivity contribution in [2.24, 2.45) is 0 Å². The zero-order valence-corrected chi connectivity index (χ0v) is 15.6.